The molecule has 15 rings (SSSR count). The molecule has 0 bridgehead atoms. The van der Waals surface area contributed by atoms with Gasteiger partial charge in [0.05, 0.1) is 45.0 Å². The van der Waals surface area contributed by atoms with Crippen molar-refractivity contribution < 1.29 is 111 Å². The van der Waals surface area contributed by atoms with E-state index in [0.29, 0.717) is 92.4 Å². The summed E-state index contributed by atoms with van der Waals surface area (Å²) in [6.45, 7) is 6.28. The van der Waals surface area contributed by atoms with Crippen LogP contribution in [-0.4, -0.2) is 233 Å². The molecule has 36 nitrogen and oxygen atoms in total. The maximum Gasteiger partial charge on any atom is 0.274 e. The first-order valence-corrected chi connectivity index (χ1v) is 45.1. The summed E-state index contributed by atoms with van der Waals surface area (Å²) in [5.74, 6) is -9.67. The predicted molar refractivity (Wildman–Crippen MR) is 507 cm³/mol. The molecule has 0 aliphatic carbocycles. The second-order valence-electron chi connectivity index (χ2n) is 33.8. The summed E-state index contributed by atoms with van der Waals surface area (Å²) < 4.78 is 66.3. The van der Waals surface area contributed by atoms with Crippen molar-refractivity contribution in [2.75, 3.05) is 52.6 Å². The van der Waals surface area contributed by atoms with Crippen molar-refractivity contribution in [1.29, 1.82) is 5.26 Å². The minimum atomic E-state index is -0.792. The van der Waals surface area contributed by atoms with Gasteiger partial charge in [-0.1, -0.05) is 60.7 Å². The third-order valence-electron chi connectivity index (χ3n) is 22.6. The Morgan fingerprint density at radius 3 is 1.01 bits per heavy atom. The number of halogens is 5. The van der Waals surface area contributed by atoms with E-state index in [4.69, 9.17) is 5.26 Å². The zero-order valence-corrected chi connectivity index (χ0v) is 77.1. The molecule has 5 unspecified atom stereocenters. The highest BCUT2D eigenvalue weighted by Crippen LogP contribution is 2.36. The Morgan fingerprint density at radius 1 is 0.401 bits per heavy atom. The summed E-state index contributed by atoms with van der Waals surface area (Å²) in [6.07, 6.45) is 9.96. The number of aromatic hydroxyl groups is 4. The van der Waals surface area contributed by atoms with Crippen LogP contribution in [0.3, 0.4) is 0 Å². The van der Waals surface area contributed by atoms with Crippen LogP contribution in [0.2, 0.25) is 0 Å². The van der Waals surface area contributed by atoms with Gasteiger partial charge >= 0.3 is 0 Å². The van der Waals surface area contributed by atoms with E-state index in [1.165, 1.54) is 97.6 Å². The van der Waals surface area contributed by atoms with Gasteiger partial charge < -0.3 is 93.4 Å². The Balaban J connectivity index is 0.000000169. The van der Waals surface area contributed by atoms with Crippen molar-refractivity contribution >= 4 is 96.8 Å². The van der Waals surface area contributed by atoms with E-state index < -0.39 is 129 Å². The first-order chi connectivity index (χ1) is 68.1. The molecule has 9 amide bonds. The average molecular weight is 1950 g/mol. The number of hydrogen-bond acceptors (Lipinski definition) is 27. The number of aromatic nitrogens is 8. The molecule has 5 atom stereocenters. The van der Waals surface area contributed by atoms with Gasteiger partial charge in [0.25, 0.3) is 47.3 Å². The molecule has 142 heavy (non-hydrogen) atoms. The topological polar surface area (TPSA) is 562 Å². The smallest absolute Gasteiger partial charge is 0.274 e. The molecule has 10 heterocycles. The van der Waals surface area contributed by atoms with Crippen LogP contribution in [0.5, 0.6) is 23.0 Å². The number of aliphatic hydroxyl groups excluding tert-OH is 5. The standard InChI is InChI=1S/C27H24F2N4O4.C26H28FN5O5.C25H27FN4O5.C23H22FN5O4/c1-15(14-34)32-27(37)24-25(35)22-21(11-18(13-30-22)10-16-2-6-19(28)7-3-16)23(33-24)26(36)31-12-17-4-8-20(29)9-5-17;1-14(13-33)30-26(37)22-23(34)20-18(11-16(12-29-20)10-15-5-7-17(27)8-6-15)21(32-22)25(36)31-19-4-2-3-9-28-24(19)35;1-14(13-31)28-24(34)22-23(33)20-19(21(29-22)25(35)30-8-6-18(32)7-9-30)11-16(12-27-20)10-15-2-4-17(26)5-3-15;1-13(12-30)28-23(33)20-21(31)18-17(19(29-20)22(32)26-8-2-7-25)10-15(11-27-18)9-14-3-5-16(24)6-4-14/h2-9,11,13,15,34-35H,10,12,14H2,1H3,(H,31,36)(H,32,37);5-8,11-12,14,19,33-34H,2-4,9-10,13H2,1H3,(H,28,35)(H,30,37)(H,31,36);2-5,11-12,14,18,31-33H,6-10,13H2,1H3,(H,28,34);3-6,10-11,13,30-31H,2,8-9,12H2,1H3,(H,26,32)(H,28,33). The number of nitrogens with one attached hydrogen (secondary N) is 8. The highest BCUT2D eigenvalue weighted by Gasteiger charge is 2.34. The Labute approximate surface area is 808 Å². The summed E-state index contributed by atoms with van der Waals surface area (Å²) in [5, 5.41) is 120. The number of amides is 9. The van der Waals surface area contributed by atoms with Crippen LogP contribution >= 0.6 is 0 Å². The van der Waals surface area contributed by atoms with Gasteiger partial charge in [-0.3, -0.25) is 63.1 Å². The highest BCUT2D eigenvalue weighted by molar-refractivity contribution is 6.14. The number of nitrogens with zero attached hydrogens (tertiary/aromatic N) is 10. The highest BCUT2D eigenvalue weighted by atomic mass is 19.1. The van der Waals surface area contributed by atoms with Crippen LogP contribution < -0.4 is 42.5 Å². The number of aliphatic hydroxyl groups is 5. The molecule has 13 aromatic rings. The van der Waals surface area contributed by atoms with Crippen molar-refractivity contribution in [2.24, 2.45) is 0 Å². The van der Waals surface area contributed by atoms with Crippen LogP contribution in [0.15, 0.2) is 170 Å². The number of fused-ring (bicyclic) bond motifs is 4. The van der Waals surface area contributed by atoms with E-state index in [9.17, 15) is 111 Å². The Morgan fingerprint density at radius 2 is 0.697 bits per heavy atom. The second kappa shape index (κ2) is 48.8. The maximum absolute atomic E-state index is 13.5. The monoisotopic (exact) mass is 1950 g/mol. The van der Waals surface area contributed by atoms with Crippen LogP contribution in [0.1, 0.15) is 200 Å². The molecule has 8 aromatic heterocycles. The van der Waals surface area contributed by atoms with Crippen molar-refractivity contribution in [3.05, 3.63) is 295 Å². The molecule has 0 spiro atoms. The van der Waals surface area contributed by atoms with Gasteiger partial charge in [0, 0.05) is 103 Å². The molecule has 0 radical (unpaired) electrons. The number of benzene rings is 5. The fourth-order valence-corrected chi connectivity index (χ4v) is 15.0. The van der Waals surface area contributed by atoms with Gasteiger partial charge in [0.15, 0.2) is 45.8 Å². The quantitative estimate of drug-likeness (QED) is 0.0154. The molecule has 738 valence electrons. The summed E-state index contributed by atoms with van der Waals surface area (Å²) in [4.78, 5) is 151. The summed E-state index contributed by atoms with van der Waals surface area (Å²) in [6, 6.07) is 34.6. The Kier molecular flexibility index (Phi) is 36.0. The Hall–Kier alpha value is -16.3. The van der Waals surface area contributed by atoms with Gasteiger partial charge in [-0.2, -0.15) is 5.26 Å². The van der Waals surface area contributed by atoms with Crippen LogP contribution in [-0.2, 0) is 37.0 Å². The van der Waals surface area contributed by atoms with E-state index in [2.05, 4.69) is 82.4 Å². The summed E-state index contributed by atoms with van der Waals surface area (Å²) >= 11 is 0. The zero-order valence-electron chi connectivity index (χ0n) is 77.1. The Bertz CT molecular complexity index is 6870. The van der Waals surface area contributed by atoms with Gasteiger partial charge in [0.2, 0.25) is 5.91 Å². The minimum absolute atomic E-state index is 0.0000841. The number of likely N-dealkylation sites (tertiary alicyclic amines) is 1. The summed E-state index contributed by atoms with van der Waals surface area (Å²) in [5.41, 5.74) is 4.48. The molecule has 2 fully saturated rings. The van der Waals surface area contributed by atoms with Crippen molar-refractivity contribution in [1.82, 2.24) is 87.3 Å². The number of carbonyl (C=O) groups excluding carboxylic acids is 9. The van der Waals surface area contributed by atoms with E-state index in [1.54, 1.807) is 105 Å². The molecule has 2 aliphatic heterocycles. The number of rotatable bonds is 29. The molecule has 41 heteroatoms. The molecule has 17 N–H and O–H groups in total. The molecular weight excluding hydrogens is 1850 g/mol. The zero-order chi connectivity index (χ0) is 102. The largest absolute Gasteiger partial charge is 0.504 e. The van der Waals surface area contributed by atoms with Crippen molar-refractivity contribution in [3.63, 3.8) is 0 Å². The fourth-order valence-electron chi connectivity index (χ4n) is 15.0. The number of hydrogen-bond donors (Lipinski definition) is 17. The third-order valence-corrected chi connectivity index (χ3v) is 22.6. The van der Waals surface area contributed by atoms with Crippen LogP contribution in [0.25, 0.3) is 43.6 Å². The lowest BCUT2D eigenvalue weighted by molar-refractivity contribution is -0.122. The average Bonchev–Trinajstić information content (AvgIpc) is 0.798. The lowest BCUT2D eigenvalue weighted by Crippen LogP contribution is -2.45. The molecule has 0 saturated carbocycles. The number of carbonyl (C=O) groups is 9. The molecular formula is C101H101F5N18O18. The predicted octanol–water partition coefficient (Wildman–Crippen LogP) is 8.41. The van der Waals surface area contributed by atoms with Crippen LogP contribution in [0.4, 0.5) is 22.0 Å². The SMILES string of the molecule is CC(CO)NC(=O)c1nc(C(=O)N2CCC(O)CC2)c2cc(Cc3ccc(F)cc3)cnc2c1O.CC(CO)NC(=O)c1nc(C(=O)NC2CCCCNC2=O)c2cc(Cc3ccc(F)cc3)cnc2c1O.CC(CO)NC(=O)c1nc(C(=O)NCCC#N)c2cc(Cc3ccc(F)cc3)cnc2c1O.CC(CO)NC(=O)c1nc(C(=O)NCc2ccc(F)cc2)c2cc(Cc3ccc(F)cc3)cnc2c1O. The van der Waals surface area contributed by atoms with E-state index in [-0.39, 0.29) is 147 Å². The lowest BCUT2D eigenvalue weighted by atomic mass is 10.0. The van der Waals surface area contributed by atoms with Gasteiger partial charge in [-0.25, -0.2) is 41.9 Å². The van der Waals surface area contributed by atoms with Crippen LogP contribution in [0, 0.1) is 40.4 Å². The minimum Gasteiger partial charge on any atom is -0.504 e. The summed E-state index contributed by atoms with van der Waals surface area (Å²) in [7, 11) is 0. The maximum atomic E-state index is 13.5. The third kappa shape index (κ3) is 27.2. The normalized spacial score (nSPS) is 13.8. The van der Waals surface area contributed by atoms with Gasteiger partial charge in [-0.15, -0.1) is 0 Å². The molecule has 2 aliphatic rings. The van der Waals surface area contributed by atoms with Crippen molar-refractivity contribution in [3.8, 4) is 29.1 Å². The first-order valence-electron chi connectivity index (χ1n) is 45.1. The first kappa shape index (κ1) is 105. The van der Waals surface area contributed by atoms with E-state index >= 15 is 0 Å². The van der Waals surface area contributed by atoms with Gasteiger partial charge in [0.1, 0.15) is 80.0 Å². The van der Waals surface area contributed by atoms with Crippen molar-refractivity contribution in [2.45, 2.75) is 135 Å². The fraction of sp³-hybridized carbons (Fsp3) is 0.287. The second-order valence-corrected chi connectivity index (χ2v) is 33.8. The van der Waals surface area contributed by atoms with E-state index in [1.807, 2.05) is 6.07 Å². The molecule has 2 saturated heterocycles. The van der Waals surface area contributed by atoms with E-state index in [0.717, 1.165) is 35.1 Å². The number of nitriles is 1. The number of pyridine rings is 8. The molecule has 5 aromatic carbocycles. The lowest BCUT2D eigenvalue weighted by Gasteiger charge is -2.29. The van der Waals surface area contributed by atoms with Gasteiger partial charge in [-0.05, 0) is 220 Å². The number of piperidine rings is 1.